The highest BCUT2D eigenvalue weighted by molar-refractivity contribution is 6.55. The fraction of sp³-hybridized carbons (Fsp3) is 0.391. The van der Waals surface area contributed by atoms with E-state index in [2.05, 4.69) is 4.98 Å². The number of halogens is 2. The van der Waals surface area contributed by atoms with Crippen LogP contribution in [0.15, 0.2) is 53.0 Å². The van der Waals surface area contributed by atoms with Gasteiger partial charge in [-0.3, -0.25) is 4.79 Å². The van der Waals surface area contributed by atoms with E-state index in [1.807, 2.05) is 52.0 Å². The molecule has 0 bridgehead atoms. The second kappa shape index (κ2) is 11.8. The number of rotatable bonds is 10. The lowest BCUT2D eigenvalue weighted by Gasteiger charge is -2.23. The van der Waals surface area contributed by atoms with Gasteiger partial charge in [-0.25, -0.2) is 4.98 Å². The third-order valence-electron chi connectivity index (χ3n) is 4.45. The highest BCUT2D eigenvalue weighted by Gasteiger charge is 2.29. The van der Waals surface area contributed by atoms with Crippen molar-refractivity contribution in [1.29, 1.82) is 0 Å². The van der Waals surface area contributed by atoms with Crippen LogP contribution >= 0.6 is 23.2 Å². The van der Waals surface area contributed by atoms with Crippen molar-refractivity contribution >= 4 is 29.2 Å². The Morgan fingerprint density at radius 1 is 1.07 bits per heavy atom. The van der Waals surface area contributed by atoms with Crippen molar-refractivity contribution in [3.63, 3.8) is 0 Å². The predicted octanol–water partition coefficient (Wildman–Crippen LogP) is 6.54. The number of benzene rings is 1. The van der Waals surface area contributed by atoms with Gasteiger partial charge in [0.05, 0.1) is 18.2 Å². The summed E-state index contributed by atoms with van der Waals surface area (Å²) in [5.41, 5.74) is 0.591. The monoisotopic (exact) mass is 451 g/mol. The number of nitrogens with zero attached hydrogens (tertiary/aromatic N) is 1. The smallest absolute Gasteiger partial charge is 0.310 e. The summed E-state index contributed by atoms with van der Waals surface area (Å²) < 4.78 is 16.9. The molecule has 1 aromatic carbocycles. The lowest BCUT2D eigenvalue weighted by molar-refractivity contribution is -0.153. The molecule has 162 valence electrons. The van der Waals surface area contributed by atoms with Crippen LogP contribution < -0.4 is 9.47 Å². The first-order chi connectivity index (χ1) is 14.3. The standard InChI is InChI=1S/C23H27Cl2NO4/c1-5-28-18-9-11-19(12-10-18)30-21-8-6-7-17(26-21)14-29-23(27)22(15(2)3)16(4)13-20(24)25/h6-13,15-16,22H,5,14H2,1-4H3. The molecule has 0 aliphatic rings. The molecule has 0 radical (unpaired) electrons. The van der Waals surface area contributed by atoms with Gasteiger partial charge in [0.25, 0.3) is 0 Å². The van der Waals surface area contributed by atoms with Crippen LogP contribution in [0.1, 0.15) is 33.4 Å². The highest BCUT2D eigenvalue weighted by atomic mass is 35.5. The molecule has 0 amide bonds. The van der Waals surface area contributed by atoms with E-state index in [4.69, 9.17) is 37.4 Å². The van der Waals surface area contributed by atoms with E-state index in [0.29, 0.717) is 23.9 Å². The van der Waals surface area contributed by atoms with Crippen LogP contribution in [0.5, 0.6) is 17.4 Å². The van der Waals surface area contributed by atoms with Crippen molar-refractivity contribution in [2.45, 2.75) is 34.3 Å². The van der Waals surface area contributed by atoms with Crippen molar-refractivity contribution < 1.29 is 19.0 Å². The molecule has 2 rings (SSSR count). The van der Waals surface area contributed by atoms with E-state index < -0.39 is 0 Å². The number of pyridine rings is 1. The van der Waals surface area contributed by atoms with Crippen LogP contribution in [-0.2, 0) is 16.1 Å². The highest BCUT2D eigenvalue weighted by Crippen LogP contribution is 2.27. The van der Waals surface area contributed by atoms with Gasteiger partial charge >= 0.3 is 5.97 Å². The number of hydrogen-bond acceptors (Lipinski definition) is 5. The van der Waals surface area contributed by atoms with Gasteiger partial charge in [0.15, 0.2) is 0 Å². The first-order valence-electron chi connectivity index (χ1n) is 9.86. The second-order valence-electron chi connectivity index (χ2n) is 7.17. The molecule has 0 saturated carbocycles. The zero-order chi connectivity index (χ0) is 22.1. The predicted molar refractivity (Wildman–Crippen MR) is 119 cm³/mol. The third kappa shape index (κ3) is 7.54. The summed E-state index contributed by atoms with van der Waals surface area (Å²) in [6.45, 7) is 8.40. The molecule has 0 saturated heterocycles. The summed E-state index contributed by atoms with van der Waals surface area (Å²) >= 11 is 11.5. The Balaban J connectivity index is 2.00. The first kappa shape index (κ1) is 24.0. The maximum absolute atomic E-state index is 12.6. The second-order valence-corrected chi connectivity index (χ2v) is 8.17. The fourth-order valence-electron chi connectivity index (χ4n) is 3.12. The zero-order valence-corrected chi connectivity index (χ0v) is 19.1. The average Bonchev–Trinajstić information content (AvgIpc) is 2.68. The quantitative estimate of drug-likeness (QED) is 0.383. The molecule has 7 heteroatoms. The van der Waals surface area contributed by atoms with Crippen LogP contribution in [-0.4, -0.2) is 17.6 Å². The van der Waals surface area contributed by atoms with E-state index in [0.717, 1.165) is 5.75 Å². The molecule has 0 spiro atoms. The molecular weight excluding hydrogens is 425 g/mol. The minimum Gasteiger partial charge on any atom is -0.494 e. The summed E-state index contributed by atoms with van der Waals surface area (Å²) in [7, 11) is 0. The van der Waals surface area contributed by atoms with Gasteiger partial charge in [0.2, 0.25) is 5.88 Å². The summed E-state index contributed by atoms with van der Waals surface area (Å²) in [6.07, 6.45) is 1.65. The van der Waals surface area contributed by atoms with Crippen molar-refractivity contribution in [3.05, 3.63) is 58.7 Å². The summed E-state index contributed by atoms with van der Waals surface area (Å²) in [6, 6.07) is 12.6. The Bertz CT molecular complexity index is 849. The largest absolute Gasteiger partial charge is 0.494 e. The number of allylic oxidation sites excluding steroid dienone is 1. The molecule has 0 N–H and O–H groups in total. The van der Waals surface area contributed by atoms with E-state index in [9.17, 15) is 4.79 Å². The normalized spacial score (nSPS) is 12.8. The number of carbonyl (C=O) groups is 1. The molecule has 2 aromatic rings. The Hall–Kier alpha value is -2.24. The number of ether oxygens (including phenoxy) is 3. The van der Waals surface area contributed by atoms with Gasteiger partial charge in [0.1, 0.15) is 22.6 Å². The van der Waals surface area contributed by atoms with Crippen LogP contribution in [0.25, 0.3) is 0 Å². The number of carbonyl (C=O) groups excluding carboxylic acids is 1. The average molecular weight is 452 g/mol. The van der Waals surface area contributed by atoms with Crippen molar-refractivity contribution in [1.82, 2.24) is 4.98 Å². The molecule has 0 fully saturated rings. The number of esters is 1. The minimum absolute atomic E-state index is 0.0492. The third-order valence-corrected chi connectivity index (χ3v) is 4.70. The Labute approximate surface area is 188 Å². The van der Waals surface area contributed by atoms with Gasteiger partial charge in [-0.1, -0.05) is 56.1 Å². The fourth-order valence-corrected chi connectivity index (χ4v) is 3.52. The molecule has 30 heavy (non-hydrogen) atoms. The van der Waals surface area contributed by atoms with E-state index in [1.165, 1.54) is 0 Å². The number of hydrogen-bond donors (Lipinski definition) is 0. The Morgan fingerprint density at radius 3 is 2.33 bits per heavy atom. The topological polar surface area (TPSA) is 57.7 Å². The van der Waals surface area contributed by atoms with Crippen LogP contribution in [0, 0.1) is 17.8 Å². The molecule has 5 nitrogen and oxygen atoms in total. The first-order valence-corrected chi connectivity index (χ1v) is 10.6. The summed E-state index contributed by atoms with van der Waals surface area (Å²) in [5.74, 6) is 1.07. The molecule has 1 aromatic heterocycles. The van der Waals surface area contributed by atoms with Gasteiger partial charge < -0.3 is 14.2 Å². The SMILES string of the molecule is CCOc1ccc(Oc2cccc(COC(=O)C(C(C)C)C(C)C=C(Cl)Cl)n2)cc1. The molecule has 0 aliphatic carbocycles. The molecule has 2 atom stereocenters. The lowest BCUT2D eigenvalue weighted by atomic mass is 9.84. The maximum atomic E-state index is 12.6. The van der Waals surface area contributed by atoms with E-state index in [1.54, 1.807) is 24.3 Å². The number of aromatic nitrogens is 1. The lowest BCUT2D eigenvalue weighted by Crippen LogP contribution is -2.28. The zero-order valence-electron chi connectivity index (χ0n) is 17.6. The van der Waals surface area contributed by atoms with Gasteiger partial charge in [-0.15, -0.1) is 0 Å². The molecule has 1 heterocycles. The van der Waals surface area contributed by atoms with Crippen LogP contribution in [0.3, 0.4) is 0 Å². The van der Waals surface area contributed by atoms with Gasteiger partial charge in [0, 0.05) is 6.07 Å². The van der Waals surface area contributed by atoms with Gasteiger partial charge in [-0.2, -0.15) is 0 Å². The van der Waals surface area contributed by atoms with E-state index in [-0.39, 0.29) is 34.8 Å². The van der Waals surface area contributed by atoms with Crippen molar-refractivity contribution in [2.75, 3.05) is 6.61 Å². The molecule has 0 aliphatic heterocycles. The van der Waals surface area contributed by atoms with Crippen molar-refractivity contribution in [3.8, 4) is 17.4 Å². The molecular formula is C23H27Cl2NO4. The molecule has 2 unspecified atom stereocenters. The van der Waals surface area contributed by atoms with Crippen LogP contribution in [0.4, 0.5) is 0 Å². The van der Waals surface area contributed by atoms with Crippen molar-refractivity contribution in [2.24, 2.45) is 17.8 Å². The Kier molecular flexibility index (Phi) is 9.47. The summed E-state index contributed by atoms with van der Waals surface area (Å²) in [5, 5.41) is 0. The Morgan fingerprint density at radius 2 is 1.73 bits per heavy atom. The maximum Gasteiger partial charge on any atom is 0.310 e. The van der Waals surface area contributed by atoms with Gasteiger partial charge in [-0.05, 0) is 49.1 Å². The van der Waals surface area contributed by atoms with E-state index >= 15 is 0 Å². The van der Waals surface area contributed by atoms with Crippen LogP contribution in [0.2, 0.25) is 0 Å². The summed E-state index contributed by atoms with van der Waals surface area (Å²) in [4.78, 5) is 17.0. The minimum atomic E-state index is -0.360.